The summed E-state index contributed by atoms with van der Waals surface area (Å²) in [5.74, 6) is 0.913. The van der Waals surface area contributed by atoms with E-state index < -0.39 is 18.7 Å². The Morgan fingerprint density at radius 1 is 0.634 bits per heavy atom. The van der Waals surface area contributed by atoms with E-state index in [4.69, 9.17) is 24.1 Å². The van der Waals surface area contributed by atoms with Gasteiger partial charge in [0.15, 0.2) is 11.5 Å². The van der Waals surface area contributed by atoms with Gasteiger partial charge in [0.25, 0.3) is 0 Å². The van der Waals surface area contributed by atoms with Crippen molar-refractivity contribution < 1.29 is 34.0 Å². The Morgan fingerprint density at radius 2 is 1.02 bits per heavy atom. The van der Waals surface area contributed by atoms with E-state index in [2.05, 4.69) is 20.8 Å². The quantitative estimate of drug-likeness (QED) is 0.0759. The number of rotatable bonds is 28. The Hall–Kier alpha value is -1.99. The highest BCUT2D eigenvalue weighted by Gasteiger charge is 2.20. The standard InChI is InChI=1S/C34H60O7/c1-4-7-10-13-16-19-22-38-31-25-29(34(37)41-28-30(36)27-35)26-32(39-23-20-17-14-11-8-5-2)33(31)40-24-21-18-15-12-9-6-3/h25-26,30,35-36H,4-24,27-28H2,1-3H3. The minimum atomic E-state index is -1.12. The average molecular weight is 581 g/mol. The van der Waals surface area contributed by atoms with Gasteiger partial charge in [0.05, 0.1) is 32.0 Å². The van der Waals surface area contributed by atoms with E-state index in [1.54, 1.807) is 12.1 Å². The number of carbonyl (C=O) groups excluding carboxylic acids is 1. The normalized spacial score (nSPS) is 11.8. The Morgan fingerprint density at radius 3 is 1.44 bits per heavy atom. The smallest absolute Gasteiger partial charge is 0.338 e. The van der Waals surface area contributed by atoms with Crippen LogP contribution in [-0.2, 0) is 4.74 Å². The van der Waals surface area contributed by atoms with Crippen molar-refractivity contribution in [1.82, 2.24) is 0 Å². The van der Waals surface area contributed by atoms with E-state index in [0.717, 1.165) is 38.5 Å². The monoisotopic (exact) mass is 580 g/mol. The number of benzene rings is 1. The summed E-state index contributed by atoms with van der Waals surface area (Å²) in [5.41, 5.74) is 0.276. The van der Waals surface area contributed by atoms with Gasteiger partial charge in [-0.3, -0.25) is 0 Å². The van der Waals surface area contributed by atoms with Crippen molar-refractivity contribution in [1.29, 1.82) is 0 Å². The number of esters is 1. The number of ether oxygens (including phenoxy) is 4. The highest BCUT2D eigenvalue weighted by Crippen LogP contribution is 2.40. The molecule has 1 aromatic rings. The number of aliphatic hydroxyl groups excluding tert-OH is 2. The number of aliphatic hydroxyl groups is 2. The van der Waals surface area contributed by atoms with Crippen molar-refractivity contribution in [2.75, 3.05) is 33.0 Å². The lowest BCUT2D eigenvalue weighted by Gasteiger charge is -2.19. The fraction of sp³-hybridized carbons (Fsp3) is 0.794. The van der Waals surface area contributed by atoms with Gasteiger partial charge in [-0.2, -0.15) is 0 Å². The van der Waals surface area contributed by atoms with Crippen LogP contribution in [0.5, 0.6) is 17.2 Å². The van der Waals surface area contributed by atoms with Gasteiger partial charge in [0.2, 0.25) is 5.75 Å². The van der Waals surface area contributed by atoms with Gasteiger partial charge in [-0.05, 0) is 31.4 Å². The van der Waals surface area contributed by atoms with Gasteiger partial charge < -0.3 is 29.2 Å². The van der Waals surface area contributed by atoms with Crippen LogP contribution in [0.1, 0.15) is 147 Å². The van der Waals surface area contributed by atoms with Crippen LogP contribution in [0.4, 0.5) is 0 Å². The maximum absolute atomic E-state index is 12.9. The highest BCUT2D eigenvalue weighted by atomic mass is 16.6. The summed E-state index contributed by atoms with van der Waals surface area (Å²) in [6, 6.07) is 3.30. The van der Waals surface area contributed by atoms with Crippen LogP contribution >= 0.6 is 0 Å². The highest BCUT2D eigenvalue weighted by molar-refractivity contribution is 5.91. The molecule has 0 fully saturated rings. The van der Waals surface area contributed by atoms with Crippen LogP contribution in [0.2, 0.25) is 0 Å². The molecule has 0 aromatic heterocycles. The Labute approximate surface area is 250 Å². The summed E-state index contributed by atoms with van der Waals surface area (Å²) in [4.78, 5) is 12.9. The summed E-state index contributed by atoms with van der Waals surface area (Å²) >= 11 is 0. The number of hydrogen-bond acceptors (Lipinski definition) is 7. The zero-order valence-corrected chi connectivity index (χ0v) is 26.4. The summed E-state index contributed by atoms with van der Waals surface area (Å²) in [5, 5.41) is 18.7. The second-order valence-electron chi connectivity index (χ2n) is 11.1. The fourth-order valence-electron chi connectivity index (χ4n) is 4.54. The molecule has 0 spiro atoms. The van der Waals surface area contributed by atoms with E-state index in [1.807, 2.05) is 0 Å². The van der Waals surface area contributed by atoms with Crippen LogP contribution in [0, 0.1) is 0 Å². The van der Waals surface area contributed by atoms with Gasteiger partial charge in [0.1, 0.15) is 12.7 Å². The minimum absolute atomic E-state index is 0.276. The molecule has 0 saturated heterocycles. The molecule has 1 aromatic carbocycles. The molecule has 7 heteroatoms. The Bertz CT molecular complexity index is 728. The van der Waals surface area contributed by atoms with Crippen LogP contribution in [0.3, 0.4) is 0 Å². The molecule has 0 bridgehead atoms. The van der Waals surface area contributed by atoms with Crippen molar-refractivity contribution in [3.8, 4) is 17.2 Å². The molecule has 1 unspecified atom stereocenters. The molecule has 7 nitrogen and oxygen atoms in total. The molecule has 0 amide bonds. The zero-order chi connectivity index (χ0) is 30.0. The maximum atomic E-state index is 12.9. The van der Waals surface area contributed by atoms with Gasteiger partial charge in [0, 0.05) is 0 Å². The summed E-state index contributed by atoms with van der Waals surface area (Å²) in [6.45, 7) is 7.49. The molecule has 2 N–H and O–H groups in total. The third kappa shape index (κ3) is 18.2. The first kappa shape index (κ1) is 37.0. The second-order valence-corrected chi connectivity index (χ2v) is 11.1. The first-order chi connectivity index (χ1) is 20.1. The molecule has 41 heavy (non-hydrogen) atoms. The maximum Gasteiger partial charge on any atom is 0.338 e. The molecule has 0 aliphatic rings. The number of carbonyl (C=O) groups is 1. The molecular weight excluding hydrogens is 520 g/mol. The summed E-state index contributed by atoms with van der Waals surface area (Å²) in [6.07, 6.45) is 19.7. The summed E-state index contributed by atoms with van der Waals surface area (Å²) in [7, 11) is 0. The molecule has 0 aliphatic carbocycles. The predicted octanol–water partition coefficient (Wildman–Crippen LogP) is 8.41. The van der Waals surface area contributed by atoms with Crippen molar-refractivity contribution in [2.45, 2.75) is 142 Å². The van der Waals surface area contributed by atoms with Crippen LogP contribution < -0.4 is 14.2 Å². The number of hydrogen-bond donors (Lipinski definition) is 2. The van der Waals surface area contributed by atoms with Crippen LogP contribution in [0.25, 0.3) is 0 Å². The molecule has 0 radical (unpaired) electrons. The third-order valence-corrected chi connectivity index (χ3v) is 7.13. The van der Waals surface area contributed by atoms with Gasteiger partial charge in [-0.15, -0.1) is 0 Å². The molecule has 0 aliphatic heterocycles. The van der Waals surface area contributed by atoms with Crippen molar-refractivity contribution >= 4 is 5.97 Å². The van der Waals surface area contributed by atoms with E-state index in [1.165, 1.54) is 77.0 Å². The Balaban J connectivity index is 3.00. The molecule has 238 valence electrons. The number of unbranched alkanes of at least 4 members (excludes halogenated alkanes) is 15. The topological polar surface area (TPSA) is 94.5 Å². The predicted molar refractivity (Wildman–Crippen MR) is 166 cm³/mol. The third-order valence-electron chi connectivity index (χ3n) is 7.13. The van der Waals surface area contributed by atoms with Crippen molar-refractivity contribution in [3.63, 3.8) is 0 Å². The van der Waals surface area contributed by atoms with Gasteiger partial charge in [-0.25, -0.2) is 4.79 Å². The van der Waals surface area contributed by atoms with E-state index in [9.17, 15) is 9.90 Å². The second kappa shape index (κ2) is 25.7. The average Bonchev–Trinajstić information content (AvgIpc) is 2.98. The SMILES string of the molecule is CCCCCCCCOc1cc(C(=O)OCC(O)CO)cc(OCCCCCCCC)c1OCCCCCCCC. The van der Waals surface area contributed by atoms with E-state index in [0.29, 0.717) is 37.1 Å². The molecule has 0 saturated carbocycles. The fourth-order valence-corrected chi connectivity index (χ4v) is 4.54. The molecule has 0 heterocycles. The molecule has 1 rings (SSSR count). The lowest BCUT2D eigenvalue weighted by molar-refractivity contribution is 0.00926. The van der Waals surface area contributed by atoms with E-state index >= 15 is 0 Å². The first-order valence-corrected chi connectivity index (χ1v) is 16.6. The zero-order valence-electron chi connectivity index (χ0n) is 26.4. The van der Waals surface area contributed by atoms with Crippen molar-refractivity contribution in [2.24, 2.45) is 0 Å². The van der Waals surface area contributed by atoms with E-state index in [-0.39, 0.29) is 12.2 Å². The Kier molecular flexibility index (Phi) is 23.2. The first-order valence-electron chi connectivity index (χ1n) is 16.6. The lowest BCUT2D eigenvalue weighted by Crippen LogP contribution is -2.22. The lowest BCUT2D eigenvalue weighted by atomic mass is 10.1. The van der Waals surface area contributed by atoms with Gasteiger partial charge >= 0.3 is 5.97 Å². The van der Waals surface area contributed by atoms with Crippen LogP contribution in [0.15, 0.2) is 12.1 Å². The van der Waals surface area contributed by atoms with Crippen LogP contribution in [-0.4, -0.2) is 55.3 Å². The van der Waals surface area contributed by atoms with Gasteiger partial charge in [-0.1, -0.05) is 117 Å². The largest absolute Gasteiger partial charge is 0.490 e. The van der Waals surface area contributed by atoms with Crippen molar-refractivity contribution in [3.05, 3.63) is 17.7 Å². The molecular formula is C34H60O7. The minimum Gasteiger partial charge on any atom is -0.490 e. The summed E-state index contributed by atoms with van der Waals surface area (Å²) < 4.78 is 23.9. The molecule has 1 atom stereocenters.